The molecule has 3 aromatic carbocycles. The molecular weight excluding hydrogens is 469 g/mol. The first-order valence-corrected chi connectivity index (χ1v) is 11.6. The fourth-order valence-electron chi connectivity index (χ4n) is 4.03. The maximum Gasteiger partial charge on any atom is 0.262 e. The summed E-state index contributed by atoms with van der Waals surface area (Å²) in [5.74, 6) is -1.17. The second-order valence-electron chi connectivity index (χ2n) is 8.09. The van der Waals surface area contributed by atoms with Crippen LogP contribution in [0.3, 0.4) is 0 Å². The van der Waals surface area contributed by atoms with E-state index >= 15 is 0 Å². The van der Waals surface area contributed by atoms with Gasteiger partial charge in [-0.3, -0.25) is 9.59 Å². The van der Waals surface area contributed by atoms with Crippen LogP contribution in [-0.4, -0.2) is 54.2 Å². The highest BCUT2D eigenvalue weighted by Gasteiger charge is 2.35. The van der Waals surface area contributed by atoms with Crippen molar-refractivity contribution >= 4 is 29.1 Å². The minimum absolute atomic E-state index is 0.194. The van der Waals surface area contributed by atoms with Crippen molar-refractivity contribution in [3.8, 4) is 0 Å². The summed E-state index contributed by atoms with van der Waals surface area (Å²) in [5, 5.41) is 6.18. The molecule has 3 aromatic rings. The molecule has 0 fully saturated rings. The number of carbonyl (C=O) groups excluding carboxylic acids is 2. The van der Waals surface area contributed by atoms with Gasteiger partial charge in [0.25, 0.3) is 11.8 Å². The molecule has 1 aliphatic heterocycles. The van der Waals surface area contributed by atoms with Crippen LogP contribution in [0.5, 0.6) is 0 Å². The van der Waals surface area contributed by atoms with Gasteiger partial charge in [0.2, 0.25) is 0 Å². The Morgan fingerprint density at radius 2 is 1.74 bits per heavy atom. The van der Waals surface area contributed by atoms with Crippen LogP contribution in [0.25, 0.3) is 0 Å². The van der Waals surface area contributed by atoms with Gasteiger partial charge < -0.3 is 9.64 Å². The van der Waals surface area contributed by atoms with E-state index in [-0.39, 0.29) is 31.5 Å². The number of amides is 2. The van der Waals surface area contributed by atoms with E-state index in [1.54, 1.807) is 42.5 Å². The lowest BCUT2D eigenvalue weighted by atomic mass is 9.98. The first-order valence-electron chi connectivity index (χ1n) is 11.2. The third-order valence-electron chi connectivity index (χ3n) is 5.82. The van der Waals surface area contributed by atoms with Crippen molar-refractivity contribution in [3.05, 3.63) is 106 Å². The molecule has 0 aliphatic carbocycles. The molecule has 6 nitrogen and oxygen atoms in total. The van der Waals surface area contributed by atoms with Crippen LogP contribution in [-0.2, 0) is 9.53 Å². The molecule has 0 saturated carbocycles. The van der Waals surface area contributed by atoms with E-state index < -0.39 is 11.9 Å². The van der Waals surface area contributed by atoms with E-state index in [0.717, 1.165) is 5.56 Å². The van der Waals surface area contributed by atoms with Crippen molar-refractivity contribution in [1.29, 1.82) is 0 Å². The van der Waals surface area contributed by atoms with Gasteiger partial charge in [-0.2, -0.15) is 5.10 Å². The van der Waals surface area contributed by atoms with E-state index in [2.05, 4.69) is 5.10 Å². The normalized spacial score (nSPS) is 15.1. The summed E-state index contributed by atoms with van der Waals surface area (Å²) in [5.41, 5.74) is 2.00. The molecule has 0 aromatic heterocycles. The quantitative estimate of drug-likeness (QED) is 0.446. The number of rotatable bonds is 8. The van der Waals surface area contributed by atoms with E-state index in [1.165, 1.54) is 23.1 Å². The first-order chi connectivity index (χ1) is 17.0. The molecule has 0 N–H and O–H groups in total. The van der Waals surface area contributed by atoms with Gasteiger partial charge in [-0.05, 0) is 23.8 Å². The molecule has 0 spiro atoms. The van der Waals surface area contributed by atoms with Crippen molar-refractivity contribution in [1.82, 2.24) is 9.91 Å². The summed E-state index contributed by atoms with van der Waals surface area (Å²) < 4.78 is 19.7. The smallest absolute Gasteiger partial charge is 0.262 e. The molecule has 1 heterocycles. The van der Waals surface area contributed by atoms with Crippen LogP contribution in [0.15, 0.2) is 84.0 Å². The largest absolute Gasteiger partial charge is 0.383 e. The Balaban J connectivity index is 1.64. The minimum atomic E-state index is -0.419. The number of benzene rings is 3. The molecule has 0 radical (unpaired) electrons. The third kappa shape index (κ3) is 5.58. The lowest BCUT2D eigenvalue weighted by molar-refractivity contribution is -0.133. The highest BCUT2D eigenvalue weighted by atomic mass is 35.5. The molecule has 1 aliphatic rings. The zero-order valence-corrected chi connectivity index (χ0v) is 20.0. The number of methoxy groups -OCH3 is 1. The van der Waals surface area contributed by atoms with Gasteiger partial charge in [-0.15, -0.1) is 0 Å². The van der Waals surface area contributed by atoms with E-state index in [0.29, 0.717) is 28.3 Å². The predicted octanol–water partition coefficient (Wildman–Crippen LogP) is 4.95. The monoisotopic (exact) mass is 493 g/mol. The van der Waals surface area contributed by atoms with Crippen LogP contribution < -0.4 is 0 Å². The van der Waals surface area contributed by atoms with Crippen molar-refractivity contribution < 1.29 is 18.7 Å². The summed E-state index contributed by atoms with van der Waals surface area (Å²) in [4.78, 5) is 28.2. The van der Waals surface area contributed by atoms with Crippen molar-refractivity contribution in [2.75, 3.05) is 26.8 Å². The molecule has 1 atom stereocenters. The van der Waals surface area contributed by atoms with Gasteiger partial charge in [0, 0.05) is 25.6 Å². The summed E-state index contributed by atoms with van der Waals surface area (Å²) in [6, 6.07) is 22.1. The minimum Gasteiger partial charge on any atom is -0.383 e. The topological polar surface area (TPSA) is 62.2 Å². The third-order valence-corrected chi connectivity index (χ3v) is 6.15. The van der Waals surface area contributed by atoms with Crippen molar-refractivity contribution in [2.45, 2.75) is 12.5 Å². The Morgan fingerprint density at radius 1 is 1.06 bits per heavy atom. The summed E-state index contributed by atoms with van der Waals surface area (Å²) in [6.07, 6.45) is 0.354. The summed E-state index contributed by atoms with van der Waals surface area (Å²) in [7, 11) is 1.52. The molecular formula is C27H25ClFN3O3. The Labute approximate surface area is 208 Å². The van der Waals surface area contributed by atoms with E-state index in [4.69, 9.17) is 16.3 Å². The number of nitrogens with zero attached hydrogens (tertiary/aromatic N) is 3. The number of ether oxygens (including phenoxy) is 1. The van der Waals surface area contributed by atoms with E-state index in [1.807, 2.05) is 30.3 Å². The van der Waals surface area contributed by atoms with Gasteiger partial charge in [0.1, 0.15) is 12.4 Å². The number of halogens is 2. The lowest BCUT2D eigenvalue weighted by Crippen LogP contribution is -2.42. The van der Waals surface area contributed by atoms with Gasteiger partial charge >= 0.3 is 0 Å². The van der Waals surface area contributed by atoms with Crippen LogP contribution >= 0.6 is 11.6 Å². The fourth-order valence-corrected chi connectivity index (χ4v) is 4.24. The second kappa shape index (κ2) is 11.3. The summed E-state index contributed by atoms with van der Waals surface area (Å²) >= 11 is 6.23. The Hall–Kier alpha value is -3.55. The number of carbonyl (C=O) groups is 2. The van der Waals surface area contributed by atoms with Gasteiger partial charge in [0.15, 0.2) is 0 Å². The Bertz CT molecular complexity index is 1240. The van der Waals surface area contributed by atoms with Crippen LogP contribution in [0.4, 0.5) is 4.39 Å². The molecule has 0 saturated heterocycles. The van der Waals surface area contributed by atoms with Crippen LogP contribution in [0.2, 0.25) is 5.02 Å². The van der Waals surface area contributed by atoms with Gasteiger partial charge in [-0.25, -0.2) is 9.40 Å². The molecule has 4 rings (SSSR count). The van der Waals surface area contributed by atoms with E-state index in [9.17, 15) is 14.0 Å². The summed E-state index contributed by atoms with van der Waals surface area (Å²) in [6.45, 7) is 0.208. The van der Waals surface area contributed by atoms with Crippen LogP contribution in [0.1, 0.15) is 33.9 Å². The molecule has 2 amide bonds. The predicted molar refractivity (Wildman–Crippen MR) is 133 cm³/mol. The standard InChI is InChI=1S/C27H25ClFN3O3/c1-35-16-15-31(27(34)20-11-5-7-13-22(20)28)18-26(33)32-25(19-9-3-2-4-10-19)17-24(30-32)21-12-6-8-14-23(21)29/h2-14,25H,15-18H2,1H3/t25-/m0/s1. The molecule has 180 valence electrons. The molecule has 0 unspecified atom stereocenters. The zero-order chi connectivity index (χ0) is 24.8. The van der Waals surface area contributed by atoms with Crippen molar-refractivity contribution in [3.63, 3.8) is 0 Å². The molecule has 35 heavy (non-hydrogen) atoms. The number of hydrazone groups is 1. The van der Waals surface area contributed by atoms with Gasteiger partial charge in [0.05, 0.1) is 28.9 Å². The van der Waals surface area contributed by atoms with Crippen molar-refractivity contribution in [2.24, 2.45) is 5.10 Å². The lowest BCUT2D eigenvalue weighted by Gasteiger charge is -2.27. The molecule has 0 bridgehead atoms. The maximum atomic E-state index is 14.5. The molecule has 8 heteroatoms. The zero-order valence-electron chi connectivity index (χ0n) is 19.2. The number of hydrogen-bond donors (Lipinski definition) is 0. The SMILES string of the molecule is COCCN(CC(=O)N1N=C(c2ccccc2F)C[C@H]1c1ccccc1)C(=O)c1ccccc1Cl. The first kappa shape index (κ1) is 24.6. The number of hydrogen-bond acceptors (Lipinski definition) is 4. The highest BCUT2D eigenvalue weighted by molar-refractivity contribution is 6.33. The highest BCUT2D eigenvalue weighted by Crippen LogP contribution is 2.33. The Kier molecular flexibility index (Phi) is 7.90. The average Bonchev–Trinajstić information content (AvgIpc) is 3.32. The van der Waals surface area contributed by atoms with Crippen LogP contribution in [0, 0.1) is 5.82 Å². The maximum absolute atomic E-state index is 14.5. The second-order valence-corrected chi connectivity index (χ2v) is 8.50. The average molecular weight is 494 g/mol. The Morgan fingerprint density at radius 3 is 2.46 bits per heavy atom. The fraction of sp³-hybridized carbons (Fsp3) is 0.222. The van der Waals surface area contributed by atoms with Gasteiger partial charge in [-0.1, -0.05) is 72.3 Å².